The fraction of sp³-hybridized carbons (Fsp3) is 0.562. The van der Waals surface area contributed by atoms with Gasteiger partial charge in [-0.2, -0.15) is 0 Å². The van der Waals surface area contributed by atoms with Crippen molar-refractivity contribution in [1.82, 2.24) is 0 Å². The maximum atomic E-state index is 11.9. The standard InChI is InChI=1S/C16H20O5/c1-15(2)20-13-9-12(19-16(13,3)21-15)10-18-14(17)11-7-5-4-6-8-11/h4-8,12-13H,9-10H2,1-3H3/t12-,13+,16-/m0/s1. The van der Waals surface area contributed by atoms with Crippen LogP contribution in [0.5, 0.6) is 0 Å². The normalized spacial score (nSPS) is 33.7. The first-order valence-electron chi connectivity index (χ1n) is 7.16. The number of ether oxygens (including phenoxy) is 4. The molecular formula is C16H20O5. The highest BCUT2D eigenvalue weighted by Crippen LogP contribution is 2.44. The monoisotopic (exact) mass is 292 g/mol. The third-order valence-corrected chi connectivity index (χ3v) is 3.75. The van der Waals surface area contributed by atoms with Crippen molar-refractivity contribution in [3.8, 4) is 0 Å². The second-order valence-corrected chi connectivity index (χ2v) is 6.06. The minimum Gasteiger partial charge on any atom is -0.459 e. The van der Waals surface area contributed by atoms with E-state index >= 15 is 0 Å². The molecular weight excluding hydrogens is 272 g/mol. The molecule has 1 aromatic carbocycles. The van der Waals surface area contributed by atoms with Gasteiger partial charge in [0.2, 0.25) is 0 Å². The predicted molar refractivity (Wildman–Crippen MR) is 74.7 cm³/mol. The van der Waals surface area contributed by atoms with Gasteiger partial charge in [-0.05, 0) is 32.9 Å². The molecule has 3 atom stereocenters. The van der Waals surface area contributed by atoms with Crippen LogP contribution in [0.15, 0.2) is 30.3 Å². The smallest absolute Gasteiger partial charge is 0.338 e. The summed E-state index contributed by atoms with van der Waals surface area (Å²) in [4.78, 5) is 11.9. The van der Waals surface area contributed by atoms with Crippen molar-refractivity contribution in [1.29, 1.82) is 0 Å². The number of rotatable bonds is 3. The molecule has 0 aromatic heterocycles. The van der Waals surface area contributed by atoms with Crippen LogP contribution in [0.25, 0.3) is 0 Å². The molecule has 5 nitrogen and oxygen atoms in total. The SMILES string of the molecule is CC1(C)O[C@@H]2C[C@@H](COC(=O)c3ccccc3)O[C@@]2(C)O1. The van der Waals surface area contributed by atoms with Gasteiger partial charge in [0.1, 0.15) is 12.7 Å². The number of hydrogen-bond donors (Lipinski definition) is 0. The summed E-state index contributed by atoms with van der Waals surface area (Å²) in [5.41, 5.74) is 0.538. The predicted octanol–water partition coefficient (Wildman–Crippen LogP) is 2.50. The van der Waals surface area contributed by atoms with E-state index < -0.39 is 11.6 Å². The lowest BCUT2D eigenvalue weighted by atomic mass is 10.1. The Labute approximate surface area is 124 Å². The molecule has 0 radical (unpaired) electrons. The molecule has 2 fully saturated rings. The Morgan fingerprint density at radius 3 is 2.62 bits per heavy atom. The van der Waals surface area contributed by atoms with Gasteiger partial charge < -0.3 is 18.9 Å². The van der Waals surface area contributed by atoms with Crippen LogP contribution in [0.2, 0.25) is 0 Å². The molecule has 1 aromatic rings. The summed E-state index contributed by atoms with van der Waals surface area (Å²) in [6, 6.07) is 8.91. The van der Waals surface area contributed by atoms with Gasteiger partial charge in [-0.1, -0.05) is 18.2 Å². The van der Waals surface area contributed by atoms with Crippen molar-refractivity contribution < 1.29 is 23.7 Å². The minimum atomic E-state index is -0.757. The van der Waals surface area contributed by atoms with E-state index in [-0.39, 0.29) is 24.8 Å². The van der Waals surface area contributed by atoms with Crippen LogP contribution in [0.3, 0.4) is 0 Å². The summed E-state index contributed by atoms with van der Waals surface area (Å²) < 4.78 is 22.8. The van der Waals surface area contributed by atoms with Gasteiger partial charge in [-0.15, -0.1) is 0 Å². The van der Waals surface area contributed by atoms with Gasteiger partial charge in [0.15, 0.2) is 11.6 Å². The van der Waals surface area contributed by atoms with Crippen molar-refractivity contribution in [3.63, 3.8) is 0 Å². The summed E-state index contributed by atoms with van der Waals surface area (Å²) in [6.07, 6.45) is 0.318. The van der Waals surface area contributed by atoms with Gasteiger partial charge in [0, 0.05) is 6.42 Å². The molecule has 0 unspecified atom stereocenters. The van der Waals surface area contributed by atoms with E-state index in [4.69, 9.17) is 18.9 Å². The Bertz CT molecular complexity index is 527. The van der Waals surface area contributed by atoms with Crippen LogP contribution in [-0.4, -0.2) is 36.4 Å². The van der Waals surface area contributed by atoms with E-state index in [9.17, 15) is 4.79 Å². The number of carbonyl (C=O) groups excluding carboxylic acids is 1. The molecule has 21 heavy (non-hydrogen) atoms. The largest absolute Gasteiger partial charge is 0.459 e. The number of benzene rings is 1. The van der Waals surface area contributed by atoms with Gasteiger partial charge in [0.05, 0.1) is 11.7 Å². The zero-order valence-electron chi connectivity index (χ0n) is 12.5. The van der Waals surface area contributed by atoms with Crippen molar-refractivity contribution in [3.05, 3.63) is 35.9 Å². The van der Waals surface area contributed by atoms with Crippen LogP contribution in [-0.2, 0) is 18.9 Å². The van der Waals surface area contributed by atoms with Gasteiger partial charge in [-0.3, -0.25) is 0 Å². The summed E-state index contributed by atoms with van der Waals surface area (Å²) >= 11 is 0. The van der Waals surface area contributed by atoms with Gasteiger partial charge >= 0.3 is 5.97 Å². The molecule has 2 aliphatic rings. The Morgan fingerprint density at radius 1 is 1.24 bits per heavy atom. The van der Waals surface area contributed by atoms with E-state index in [1.807, 2.05) is 26.8 Å². The molecule has 0 aliphatic carbocycles. The molecule has 5 heteroatoms. The molecule has 114 valence electrons. The molecule has 0 saturated carbocycles. The quantitative estimate of drug-likeness (QED) is 0.801. The summed E-state index contributed by atoms with van der Waals surface area (Å²) in [7, 11) is 0. The summed E-state index contributed by atoms with van der Waals surface area (Å²) in [6.45, 7) is 5.80. The maximum absolute atomic E-state index is 11.9. The average Bonchev–Trinajstić information content (AvgIpc) is 2.82. The van der Waals surface area contributed by atoms with Crippen LogP contribution in [0.1, 0.15) is 37.6 Å². The molecule has 3 rings (SSSR count). The van der Waals surface area contributed by atoms with Gasteiger partial charge in [0.25, 0.3) is 0 Å². The molecule has 0 amide bonds. The van der Waals surface area contributed by atoms with Crippen molar-refractivity contribution in [2.45, 2.75) is 51.0 Å². The maximum Gasteiger partial charge on any atom is 0.338 e. The highest BCUT2D eigenvalue weighted by molar-refractivity contribution is 5.89. The molecule has 0 bridgehead atoms. The fourth-order valence-corrected chi connectivity index (χ4v) is 2.94. The highest BCUT2D eigenvalue weighted by atomic mass is 16.8. The van der Waals surface area contributed by atoms with Crippen molar-refractivity contribution in [2.24, 2.45) is 0 Å². The molecule has 2 saturated heterocycles. The lowest BCUT2D eigenvalue weighted by molar-refractivity contribution is -0.253. The second kappa shape index (κ2) is 5.09. The summed E-state index contributed by atoms with van der Waals surface area (Å²) in [5, 5.41) is 0. The van der Waals surface area contributed by atoms with E-state index in [1.54, 1.807) is 24.3 Å². The average molecular weight is 292 g/mol. The molecule has 2 aliphatic heterocycles. The number of esters is 1. The number of hydrogen-bond acceptors (Lipinski definition) is 5. The Balaban J connectivity index is 1.54. The third kappa shape index (κ3) is 2.95. The van der Waals surface area contributed by atoms with E-state index in [1.165, 1.54) is 0 Å². The van der Waals surface area contributed by atoms with Crippen LogP contribution in [0, 0.1) is 0 Å². The first-order chi connectivity index (χ1) is 9.88. The highest BCUT2D eigenvalue weighted by Gasteiger charge is 2.57. The first kappa shape index (κ1) is 14.5. The van der Waals surface area contributed by atoms with Crippen LogP contribution >= 0.6 is 0 Å². The zero-order chi connectivity index (χ0) is 15.1. The van der Waals surface area contributed by atoms with Crippen LogP contribution < -0.4 is 0 Å². The second-order valence-electron chi connectivity index (χ2n) is 6.06. The first-order valence-corrected chi connectivity index (χ1v) is 7.16. The molecule has 0 N–H and O–H groups in total. The number of fused-ring (bicyclic) bond motifs is 1. The third-order valence-electron chi connectivity index (χ3n) is 3.75. The summed E-state index contributed by atoms with van der Waals surface area (Å²) in [5.74, 6) is -1.73. The molecule has 0 spiro atoms. The van der Waals surface area contributed by atoms with E-state index in [0.29, 0.717) is 12.0 Å². The Morgan fingerprint density at radius 2 is 1.95 bits per heavy atom. The topological polar surface area (TPSA) is 54.0 Å². The zero-order valence-corrected chi connectivity index (χ0v) is 12.5. The van der Waals surface area contributed by atoms with Crippen molar-refractivity contribution in [2.75, 3.05) is 6.61 Å². The fourth-order valence-electron chi connectivity index (χ4n) is 2.94. The molecule has 2 heterocycles. The minimum absolute atomic E-state index is 0.132. The Kier molecular flexibility index (Phi) is 3.51. The van der Waals surface area contributed by atoms with Crippen LogP contribution in [0.4, 0.5) is 0 Å². The van der Waals surface area contributed by atoms with E-state index in [0.717, 1.165) is 0 Å². The lowest BCUT2D eigenvalue weighted by Gasteiger charge is -2.25. The van der Waals surface area contributed by atoms with Crippen molar-refractivity contribution >= 4 is 5.97 Å². The van der Waals surface area contributed by atoms with E-state index in [2.05, 4.69) is 0 Å². The Hall–Kier alpha value is -1.43. The number of carbonyl (C=O) groups is 1. The van der Waals surface area contributed by atoms with Gasteiger partial charge in [-0.25, -0.2) is 4.79 Å². The lowest BCUT2D eigenvalue weighted by Crippen LogP contribution is -2.35.